The standard InChI is InChI=1S/C18H25NO2/c20-19(21)18-16(14-8-3-1-4-9-14)12-7-13-17(18)15-10-5-2-6-11-15/h7,12-15H,1-6,8-11H2. The molecular weight excluding hydrogens is 262 g/mol. The van der Waals surface area contributed by atoms with Gasteiger partial charge in [-0.1, -0.05) is 56.7 Å². The van der Waals surface area contributed by atoms with E-state index >= 15 is 0 Å². The number of nitrogens with zero attached hydrogens (tertiary/aromatic N) is 1. The molecule has 21 heavy (non-hydrogen) atoms. The highest BCUT2D eigenvalue weighted by atomic mass is 16.6. The summed E-state index contributed by atoms with van der Waals surface area (Å²) in [5.41, 5.74) is 2.49. The Kier molecular flexibility index (Phi) is 4.57. The number of rotatable bonds is 3. The van der Waals surface area contributed by atoms with Gasteiger partial charge in [0, 0.05) is 11.1 Å². The van der Waals surface area contributed by atoms with Crippen LogP contribution in [-0.4, -0.2) is 4.92 Å². The van der Waals surface area contributed by atoms with Crippen molar-refractivity contribution in [2.45, 2.75) is 76.0 Å². The number of benzene rings is 1. The molecule has 0 aliphatic heterocycles. The first kappa shape index (κ1) is 14.6. The van der Waals surface area contributed by atoms with Gasteiger partial charge < -0.3 is 0 Å². The average molecular weight is 287 g/mol. The summed E-state index contributed by atoms with van der Waals surface area (Å²) in [7, 11) is 0. The molecule has 2 aliphatic carbocycles. The molecule has 1 aromatic rings. The predicted molar refractivity (Wildman–Crippen MR) is 84.7 cm³/mol. The lowest BCUT2D eigenvalue weighted by atomic mass is 9.78. The first-order chi connectivity index (χ1) is 10.3. The Morgan fingerprint density at radius 1 is 0.810 bits per heavy atom. The van der Waals surface area contributed by atoms with Crippen LogP contribution in [0, 0.1) is 10.1 Å². The molecule has 2 saturated carbocycles. The largest absolute Gasteiger partial charge is 0.276 e. The van der Waals surface area contributed by atoms with Gasteiger partial charge in [0.05, 0.1) is 4.92 Å². The summed E-state index contributed by atoms with van der Waals surface area (Å²) < 4.78 is 0. The van der Waals surface area contributed by atoms with Gasteiger partial charge in [-0.3, -0.25) is 10.1 Å². The Labute approximate surface area is 126 Å². The van der Waals surface area contributed by atoms with Crippen LogP contribution >= 0.6 is 0 Å². The molecule has 0 spiro atoms. The lowest BCUT2D eigenvalue weighted by Crippen LogP contribution is -2.12. The third kappa shape index (κ3) is 3.12. The van der Waals surface area contributed by atoms with Crippen molar-refractivity contribution in [2.24, 2.45) is 0 Å². The Bertz CT molecular complexity index is 464. The SMILES string of the molecule is O=[N+]([O-])c1c(C2CCCCC2)cccc1C1CCCCC1. The van der Waals surface area contributed by atoms with Crippen molar-refractivity contribution < 1.29 is 4.92 Å². The summed E-state index contributed by atoms with van der Waals surface area (Å²) in [5.74, 6) is 0.811. The first-order valence-corrected chi connectivity index (χ1v) is 8.54. The van der Waals surface area contributed by atoms with E-state index < -0.39 is 0 Å². The van der Waals surface area contributed by atoms with Gasteiger partial charge in [-0.2, -0.15) is 0 Å². The second kappa shape index (κ2) is 6.59. The van der Waals surface area contributed by atoms with E-state index in [4.69, 9.17) is 0 Å². The smallest absolute Gasteiger partial charge is 0.258 e. The summed E-state index contributed by atoms with van der Waals surface area (Å²) in [5, 5.41) is 11.7. The lowest BCUT2D eigenvalue weighted by molar-refractivity contribution is -0.386. The first-order valence-electron chi connectivity index (χ1n) is 8.54. The van der Waals surface area contributed by atoms with Crippen LogP contribution in [0.2, 0.25) is 0 Å². The van der Waals surface area contributed by atoms with Gasteiger partial charge in [0.2, 0.25) is 0 Å². The highest BCUT2D eigenvalue weighted by Gasteiger charge is 2.30. The molecular formula is C18H25NO2. The van der Waals surface area contributed by atoms with Crippen molar-refractivity contribution in [2.75, 3.05) is 0 Å². The molecule has 0 N–H and O–H groups in total. The number of nitro benzene ring substituents is 1. The molecule has 3 rings (SSSR count). The fourth-order valence-electron chi connectivity index (χ4n) is 4.28. The van der Waals surface area contributed by atoms with Crippen molar-refractivity contribution in [3.05, 3.63) is 39.4 Å². The Balaban J connectivity index is 1.97. The van der Waals surface area contributed by atoms with Crippen LogP contribution in [0.25, 0.3) is 0 Å². The lowest BCUT2D eigenvalue weighted by Gasteiger charge is -2.25. The van der Waals surface area contributed by atoms with Gasteiger partial charge in [0.1, 0.15) is 0 Å². The van der Waals surface area contributed by atoms with E-state index in [-0.39, 0.29) is 4.92 Å². The number of hydrogen-bond donors (Lipinski definition) is 0. The summed E-state index contributed by atoms with van der Waals surface area (Å²) >= 11 is 0. The van der Waals surface area contributed by atoms with E-state index in [1.807, 2.05) is 12.1 Å². The topological polar surface area (TPSA) is 43.1 Å². The van der Waals surface area contributed by atoms with Gasteiger partial charge in [-0.25, -0.2) is 0 Å². The van der Waals surface area contributed by atoms with E-state index in [9.17, 15) is 10.1 Å². The molecule has 114 valence electrons. The van der Waals surface area contributed by atoms with Crippen LogP contribution in [0.1, 0.15) is 87.2 Å². The van der Waals surface area contributed by atoms with Gasteiger partial charge in [-0.15, -0.1) is 0 Å². The maximum Gasteiger partial charge on any atom is 0.276 e. The fraction of sp³-hybridized carbons (Fsp3) is 0.667. The van der Waals surface area contributed by atoms with Crippen LogP contribution in [0.3, 0.4) is 0 Å². The predicted octanol–water partition coefficient (Wildman–Crippen LogP) is 5.69. The average Bonchev–Trinajstić information content (AvgIpc) is 2.55. The molecule has 0 saturated heterocycles. The zero-order valence-corrected chi connectivity index (χ0v) is 12.7. The molecule has 0 amide bonds. The minimum Gasteiger partial charge on any atom is -0.258 e. The maximum absolute atomic E-state index is 11.7. The zero-order chi connectivity index (χ0) is 14.7. The Morgan fingerprint density at radius 2 is 1.24 bits per heavy atom. The number of hydrogen-bond acceptors (Lipinski definition) is 2. The Morgan fingerprint density at radius 3 is 1.62 bits per heavy atom. The van der Waals surface area contributed by atoms with E-state index in [1.165, 1.54) is 38.5 Å². The summed E-state index contributed by atoms with van der Waals surface area (Å²) in [6, 6.07) is 6.09. The number of nitro groups is 1. The molecule has 0 radical (unpaired) electrons. The third-order valence-electron chi connectivity index (χ3n) is 5.37. The molecule has 0 bridgehead atoms. The second-order valence-electron chi connectivity index (χ2n) is 6.71. The molecule has 1 aromatic carbocycles. The van der Waals surface area contributed by atoms with E-state index in [2.05, 4.69) is 6.07 Å². The molecule has 3 nitrogen and oxygen atoms in total. The van der Waals surface area contributed by atoms with Gasteiger partial charge in [0.15, 0.2) is 0 Å². The van der Waals surface area contributed by atoms with Crippen molar-refractivity contribution in [1.82, 2.24) is 0 Å². The summed E-state index contributed by atoms with van der Waals surface area (Å²) in [4.78, 5) is 11.6. The van der Waals surface area contributed by atoms with Crippen LogP contribution in [-0.2, 0) is 0 Å². The fourth-order valence-corrected chi connectivity index (χ4v) is 4.28. The van der Waals surface area contributed by atoms with E-state index in [0.29, 0.717) is 17.5 Å². The molecule has 0 heterocycles. The monoisotopic (exact) mass is 287 g/mol. The van der Waals surface area contributed by atoms with Crippen LogP contribution in [0.15, 0.2) is 18.2 Å². The van der Waals surface area contributed by atoms with Crippen molar-refractivity contribution >= 4 is 5.69 Å². The minimum absolute atomic E-state index is 0.103. The van der Waals surface area contributed by atoms with E-state index in [1.54, 1.807) is 0 Å². The van der Waals surface area contributed by atoms with Gasteiger partial charge in [0.25, 0.3) is 5.69 Å². The molecule has 0 atom stereocenters. The second-order valence-corrected chi connectivity index (χ2v) is 6.71. The van der Waals surface area contributed by atoms with Gasteiger partial charge in [-0.05, 0) is 37.5 Å². The van der Waals surface area contributed by atoms with Gasteiger partial charge >= 0.3 is 0 Å². The van der Waals surface area contributed by atoms with E-state index in [0.717, 1.165) is 36.8 Å². The summed E-state index contributed by atoms with van der Waals surface area (Å²) in [6.45, 7) is 0. The Hall–Kier alpha value is -1.38. The van der Waals surface area contributed by atoms with Crippen molar-refractivity contribution in [3.63, 3.8) is 0 Å². The normalized spacial score (nSPS) is 21.3. The molecule has 0 unspecified atom stereocenters. The van der Waals surface area contributed by atoms with Crippen molar-refractivity contribution in [1.29, 1.82) is 0 Å². The highest BCUT2D eigenvalue weighted by Crippen LogP contribution is 2.43. The maximum atomic E-state index is 11.7. The van der Waals surface area contributed by atoms with Crippen molar-refractivity contribution in [3.8, 4) is 0 Å². The summed E-state index contributed by atoms with van der Waals surface area (Å²) in [6.07, 6.45) is 11.9. The third-order valence-corrected chi connectivity index (χ3v) is 5.37. The molecule has 3 heteroatoms. The van der Waals surface area contributed by atoms with Crippen LogP contribution in [0.5, 0.6) is 0 Å². The molecule has 2 aliphatic rings. The molecule has 0 aromatic heterocycles. The zero-order valence-electron chi connectivity index (χ0n) is 12.7. The molecule has 2 fully saturated rings. The van der Waals surface area contributed by atoms with Crippen LogP contribution in [0.4, 0.5) is 5.69 Å². The quantitative estimate of drug-likeness (QED) is 0.529. The minimum atomic E-state index is -0.103. The number of para-hydroxylation sites is 1. The highest BCUT2D eigenvalue weighted by molar-refractivity contribution is 5.51. The van der Waals surface area contributed by atoms with Crippen LogP contribution < -0.4 is 0 Å².